The van der Waals surface area contributed by atoms with Gasteiger partial charge >= 0.3 is 0 Å². The van der Waals surface area contributed by atoms with Gasteiger partial charge in [-0.3, -0.25) is 9.59 Å². The van der Waals surface area contributed by atoms with Crippen molar-refractivity contribution < 1.29 is 14.3 Å². The molecule has 23 heavy (non-hydrogen) atoms. The molecule has 2 aromatic rings. The smallest absolute Gasteiger partial charge is 0.262 e. The second kappa shape index (κ2) is 7.99. The van der Waals surface area contributed by atoms with Gasteiger partial charge in [-0.05, 0) is 42.5 Å². The Morgan fingerprint density at radius 2 is 1.87 bits per heavy atom. The van der Waals surface area contributed by atoms with Crippen molar-refractivity contribution in [2.45, 2.75) is 0 Å². The highest BCUT2D eigenvalue weighted by atomic mass is 79.9. The molecular formula is C16H14BrClN2O3. The molecule has 0 fully saturated rings. The van der Waals surface area contributed by atoms with Crippen molar-refractivity contribution in [1.29, 1.82) is 0 Å². The van der Waals surface area contributed by atoms with Gasteiger partial charge in [0.15, 0.2) is 6.61 Å². The summed E-state index contributed by atoms with van der Waals surface area (Å²) in [6.07, 6.45) is 0. The Morgan fingerprint density at radius 3 is 2.48 bits per heavy atom. The molecule has 0 spiro atoms. The van der Waals surface area contributed by atoms with E-state index in [0.717, 1.165) is 4.47 Å². The topological polar surface area (TPSA) is 67.4 Å². The number of anilines is 1. The van der Waals surface area contributed by atoms with Gasteiger partial charge in [-0.2, -0.15) is 0 Å². The van der Waals surface area contributed by atoms with E-state index >= 15 is 0 Å². The molecular weight excluding hydrogens is 384 g/mol. The zero-order valence-electron chi connectivity index (χ0n) is 12.2. The van der Waals surface area contributed by atoms with Gasteiger partial charge in [0.1, 0.15) is 5.75 Å². The van der Waals surface area contributed by atoms with E-state index < -0.39 is 0 Å². The van der Waals surface area contributed by atoms with E-state index in [-0.39, 0.29) is 18.4 Å². The molecule has 2 N–H and O–H groups in total. The highest BCUT2D eigenvalue weighted by molar-refractivity contribution is 9.10. The van der Waals surface area contributed by atoms with E-state index in [1.165, 1.54) is 0 Å². The van der Waals surface area contributed by atoms with Gasteiger partial charge in [0.25, 0.3) is 11.8 Å². The van der Waals surface area contributed by atoms with Crippen LogP contribution in [0.1, 0.15) is 10.4 Å². The van der Waals surface area contributed by atoms with Gasteiger partial charge in [0, 0.05) is 22.8 Å². The fourth-order valence-electron chi connectivity index (χ4n) is 1.78. The summed E-state index contributed by atoms with van der Waals surface area (Å²) in [5.41, 5.74) is 1.09. The molecule has 2 aromatic carbocycles. The third kappa shape index (κ3) is 4.97. The Hall–Kier alpha value is -2.05. The minimum absolute atomic E-state index is 0.168. The van der Waals surface area contributed by atoms with Crippen molar-refractivity contribution in [3.05, 3.63) is 57.5 Å². The number of hydrogen-bond donors (Lipinski definition) is 2. The molecule has 7 heteroatoms. The van der Waals surface area contributed by atoms with Crippen LogP contribution < -0.4 is 15.4 Å². The number of carbonyl (C=O) groups excluding carboxylic acids is 2. The summed E-state index contributed by atoms with van der Waals surface area (Å²) in [4.78, 5) is 23.3. The predicted molar refractivity (Wildman–Crippen MR) is 93.1 cm³/mol. The fourth-order valence-corrected chi connectivity index (χ4v) is 2.51. The van der Waals surface area contributed by atoms with Crippen molar-refractivity contribution in [3.8, 4) is 5.75 Å². The molecule has 0 saturated carbocycles. The maximum atomic E-state index is 11.9. The second-order valence-corrected chi connectivity index (χ2v) is 5.89. The third-order valence-electron chi connectivity index (χ3n) is 2.91. The lowest BCUT2D eigenvalue weighted by Gasteiger charge is -2.09. The van der Waals surface area contributed by atoms with Crippen LogP contribution >= 0.6 is 27.5 Å². The number of benzene rings is 2. The Labute approximate surface area is 147 Å². The SMILES string of the molecule is CNC(=O)c1ccc(NC(=O)COc2ccc(Br)cc2Cl)cc1. The average molecular weight is 398 g/mol. The van der Waals surface area contributed by atoms with E-state index in [4.69, 9.17) is 16.3 Å². The number of ether oxygens (including phenoxy) is 1. The molecule has 120 valence electrons. The van der Waals surface area contributed by atoms with E-state index in [1.54, 1.807) is 49.5 Å². The molecule has 0 aliphatic heterocycles. The first-order chi connectivity index (χ1) is 11.0. The molecule has 2 rings (SSSR count). The van der Waals surface area contributed by atoms with Gasteiger partial charge in [0.2, 0.25) is 0 Å². The molecule has 0 atom stereocenters. The van der Waals surface area contributed by atoms with Gasteiger partial charge in [-0.15, -0.1) is 0 Å². The van der Waals surface area contributed by atoms with Crippen molar-refractivity contribution in [2.75, 3.05) is 19.0 Å². The van der Waals surface area contributed by atoms with Crippen molar-refractivity contribution in [1.82, 2.24) is 5.32 Å². The Balaban J connectivity index is 1.90. The first-order valence-corrected chi connectivity index (χ1v) is 7.86. The summed E-state index contributed by atoms with van der Waals surface area (Å²) in [5, 5.41) is 5.62. The first kappa shape index (κ1) is 17.3. The number of carbonyl (C=O) groups is 2. The summed E-state index contributed by atoms with van der Waals surface area (Å²) in [5.74, 6) is -0.0762. The number of hydrogen-bond acceptors (Lipinski definition) is 3. The van der Waals surface area contributed by atoms with Crippen LogP contribution in [-0.4, -0.2) is 25.5 Å². The maximum Gasteiger partial charge on any atom is 0.262 e. The van der Waals surface area contributed by atoms with Gasteiger partial charge in [-0.25, -0.2) is 0 Å². The Kier molecular flexibility index (Phi) is 6.01. The lowest BCUT2D eigenvalue weighted by atomic mass is 10.2. The third-order valence-corrected chi connectivity index (χ3v) is 3.70. The average Bonchev–Trinajstić information content (AvgIpc) is 2.54. The van der Waals surface area contributed by atoms with Crippen LogP contribution in [0, 0.1) is 0 Å². The number of nitrogens with one attached hydrogen (secondary N) is 2. The highest BCUT2D eigenvalue weighted by Gasteiger charge is 2.08. The van der Waals surface area contributed by atoms with Crippen molar-refractivity contribution in [3.63, 3.8) is 0 Å². The summed E-state index contributed by atoms with van der Waals surface area (Å²) >= 11 is 9.30. The normalized spacial score (nSPS) is 10.0. The van der Waals surface area contributed by atoms with E-state index in [2.05, 4.69) is 26.6 Å². The molecule has 0 aliphatic rings. The van der Waals surface area contributed by atoms with Gasteiger partial charge < -0.3 is 15.4 Å². The van der Waals surface area contributed by atoms with Gasteiger partial charge in [0.05, 0.1) is 5.02 Å². The predicted octanol–water partition coefficient (Wildman–Crippen LogP) is 3.48. The van der Waals surface area contributed by atoms with Crippen molar-refractivity contribution in [2.24, 2.45) is 0 Å². The molecule has 2 amide bonds. The summed E-state index contributed by atoms with van der Waals surface area (Å²) < 4.78 is 6.21. The monoisotopic (exact) mass is 396 g/mol. The number of halogens is 2. The lowest BCUT2D eigenvalue weighted by molar-refractivity contribution is -0.118. The molecule has 0 radical (unpaired) electrons. The number of rotatable bonds is 5. The van der Waals surface area contributed by atoms with Crippen molar-refractivity contribution >= 4 is 45.0 Å². The quantitative estimate of drug-likeness (QED) is 0.812. The minimum Gasteiger partial charge on any atom is -0.482 e. The molecule has 0 aliphatic carbocycles. The lowest BCUT2D eigenvalue weighted by Crippen LogP contribution is -2.20. The molecule has 0 bridgehead atoms. The maximum absolute atomic E-state index is 11.9. The van der Waals surface area contributed by atoms with Crippen LogP contribution in [0.3, 0.4) is 0 Å². The van der Waals surface area contributed by atoms with E-state index in [1.807, 2.05) is 0 Å². The summed E-state index contributed by atoms with van der Waals surface area (Å²) in [7, 11) is 1.56. The van der Waals surface area contributed by atoms with Crippen LogP contribution in [-0.2, 0) is 4.79 Å². The molecule has 0 saturated heterocycles. The molecule has 0 aromatic heterocycles. The fraction of sp³-hybridized carbons (Fsp3) is 0.125. The molecule has 0 unspecified atom stereocenters. The summed E-state index contributed by atoms with van der Waals surface area (Å²) in [6, 6.07) is 11.7. The first-order valence-electron chi connectivity index (χ1n) is 6.69. The van der Waals surface area contributed by atoms with Crippen LogP contribution in [0.2, 0.25) is 5.02 Å². The number of amides is 2. The van der Waals surface area contributed by atoms with Crippen LogP contribution in [0.5, 0.6) is 5.75 Å². The largest absolute Gasteiger partial charge is 0.482 e. The standard InChI is InChI=1S/C16H14BrClN2O3/c1-19-16(22)10-2-5-12(6-3-10)20-15(21)9-23-14-7-4-11(17)8-13(14)18/h2-8H,9H2,1H3,(H,19,22)(H,20,21). The van der Waals surface area contributed by atoms with Gasteiger partial charge in [-0.1, -0.05) is 27.5 Å². The Bertz CT molecular complexity index is 720. The van der Waals surface area contributed by atoms with Crippen LogP contribution in [0.25, 0.3) is 0 Å². The minimum atomic E-state index is -0.323. The summed E-state index contributed by atoms with van der Waals surface area (Å²) in [6.45, 7) is -0.168. The zero-order valence-corrected chi connectivity index (χ0v) is 14.6. The van der Waals surface area contributed by atoms with Crippen LogP contribution in [0.15, 0.2) is 46.9 Å². The zero-order chi connectivity index (χ0) is 16.8. The molecule has 5 nitrogen and oxygen atoms in total. The van der Waals surface area contributed by atoms with E-state index in [0.29, 0.717) is 22.0 Å². The second-order valence-electron chi connectivity index (χ2n) is 4.57. The van der Waals surface area contributed by atoms with E-state index in [9.17, 15) is 9.59 Å². The van der Waals surface area contributed by atoms with Crippen LogP contribution in [0.4, 0.5) is 5.69 Å². The molecule has 0 heterocycles. The Morgan fingerprint density at radius 1 is 1.17 bits per heavy atom. The highest BCUT2D eigenvalue weighted by Crippen LogP contribution is 2.27.